The summed E-state index contributed by atoms with van der Waals surface area (Å²) in [7, 11) is 0. The third-order valence-corrected chi connectivity index (χ3v) is 3.78. The van der Waals surface area contributed by atoms with Crippen molar-refractivity contribution in [1.29, 1.82) is 0 Å². The first-order valence-electron chi connectivity index (χ1n) is 6.15. The number of rotatable bonds is 5. The summed E-state index contributed by atoms with van der Waals surface area (Å²) in [6, 6.07) is 10.2. The average molecular weight is 333 g/mol. The summed E-state index contributed by atoms with van der Waals surface area (Å²) in [5, 5.41) is 4.71. The van der Waals surface area contributed by atoms with Gasteiger partial charge < -0.3 is 5.32 Å². The van der Waals surface area contributed by atoms with Crippen molar-refractivity contribution in [2.45, 2.75) is 13.0 Å². The molecule has 0 aliphatic rings. The lowest BCUT2D eigenvalue weighted by Crippen LogP contribution is -2.16. The predicted molar refractivity (Wildman–Crippen MR) is 83.3 cm³/mol. The molecule has 0 radical (unpaired) electrons. The van der Waals surface area contributed by atoms with E-state index in [2.05, 4.69) is 5.32 Å². The topological polar surface area (TPSA) is 12.0 Å². The van der Waals surface area contributed by atoms with Gasteiger partial charge in [-0.2, -0.15) is 0 Å². The van der Waals surface area contributed by atoms with Crippen molar-refractivity contribution in [3.8, 4) is 0 Å². The fourth-order valence-corrected chi connectivity index (χ4v) is 2.54. The van der Waals surface area contributed by atoms with Gasteiger partial charge in [0.15, 0.2) is 0 Å². The van der Waals surface area contributed by atoms with E-state index in [9.17, 15) is 4.39 Å². The van der Waals surface area contributed by atoms with E-state index in [0.717, 1.165) is 24.1 Å². The molecule has 0 aromatic heterocycles. The van der Waals surface area contributed by atoms with E-state index in [4.69, 9.17) is 34.8 Å². The summed E-state index contributed by atoms with van der Waals surface area (Å²) in [5.74, 6) is -0.400. The maximum Gasteiger partial charge on any atom is 0.141 e. The summed E-state index contributed by atoms with van der Waals surface area (Å²) in [6.07, 6.45) is 0.797. The van der Waals surface area contributed by atoms with E-state index in [1.165, 1.54) is 6.07 Å². The zero-order valence-corrected chi connectivity index (χ0v) is 12.9. The van der Waals surface area contributed by atoms with Crippen LogP contribution in [0.15, 0.2) is 36.4 Å². The molecule has 2 aromatic carbocycles. The first-order chi connectivity index (χ1) is 9.56. The quantitative estimate of drug-likeness (QED) is 0.750. The number of halogens is 4. The smallest absolute Gasteiger partial charge is 0.141 e. The van der Waals surface area contributed by atoms with E-state index >= 15 is 0 Å². The standard InChI is InChI=1S/C15H13Cl3FN/c16-12-3-2-11(13(17)8-12)5-6-20-9-10-1-4-15(19)14(18)7-10/h1-4,7-8,20H,5-6,9H2. The number of benzene rings is 2. The molecule has 0 saturated carbocycles. The molecule has 1 nitrogen and oxygen atoms in total. The molecule has 0 amide bonds. The zero-order chi connectivity index (χ0) is 14.5. The Kier molecular flexibility index (Phi) is 5.67. The van der Waals surface area contributed by atoms with Crippen LogP contribution in [0.1, 0.15) is 11.1 Å². The highest BCUT2D eigenvalue weighted by atomic mass is 35.5. The van der Waals surface area contributed by atoms with Gasteiger partial charge in [0.1, 0.15) is 5.82 Å². The van der Waals surface area contributed by atoms with Crippen molar-refractivity contribution in [3.63, 3.8) is 0 Å². The molecule has 0 bridgehead atoms. The summed E-state index contributed by atoms with van der Waals surface area (Å²) in [5.41, 5.74) is 1.99. The number of hydrogen-bond acceptors (Lipinski definition) is 1. The Morgan fingerprint density at radius 1 is 0.950 bits per heavy atom. The van der Waals surface area contributed by atoms with Crippen LogP contribution < -0.4 is 5.32 Å². The molecule has 0 aliphatic heterocycles. The van der Waals surface area contributed by atoms with E-state index < -0.39 is 5.82 Å². The van der Waals surface area contributed by atoms with E-state index in [1.807, 2.05) is 12.1 Å². The Morgan fingerprint density at radius 2 is 1.75 bits per heavy atom. The van der Waals surface area contributed by atoms with E-state index in [0.29, 0.717) is 16.6 Å². The molecule has 0 fully saturated rings. The number of nitrogens with one attached hydrogen (secondary N) is 1. The monoisotopic (exact) mass is 331 g/mol. The minimum atomic E-state index is -0.400. The fourth-order valence-electron chi connectivity index (χ4n) is 1.83. The van der Waals surface area contributed by atoms with Crippen LogP contribution in [0.3, 0.4) is 0 Å². The third kappa shape index (κ3) is 4.35. The molecule has 2 rings (SSSR count). The highest BCUT2D eigenvalue weighted by Gasteiger charge is 2.02. The zero-order valence-electron chi connectivity index (χ0n) is 10.6. The lowest BCUT2D eigenvalue weighted by molar-refractivity contribution is 0.625. The van der Waals surface area contributed by atoms with E-state index in [1.54, 1.807) is 18.2 Å². The largest absolute Gasteiger partial charge is 0.312 e. The highest BCUT2D eigenvalue weighted by Crippen LogP contribution is 2.21. The molecule has 2 aromatic rings. The predicted octanol–water partition coefficient (Wildman–Crippen LogP) is 5.12. The lowest BCUT2D eigenvalue weighted by Gasteiger charge is -2.07. The first kappa shape index (κ1) is 15.6. The Bertz CT molecular complexity index is 602. The second kappa shape index (κ2) is 7.28. The summed E-state index contributed by atoms with van der Waals surface area (Å²) < 4.78 is 13.0. The molecule has 0 atom stereocenters. The first-order valence-corrected chi connectivity index (χ1v) is 7.28. The molecule has 0 aliphatic carbocycles. The van der Waals surface area contributed by atoms with Gasteiger partial charge in [0, 0.05) is 16.6 Å². The fraction of sp³-hybridized carbons (Fsp3) is 0.200. The van der Waals surface area contributed by atoms with Crippen LogP contribution in [0.25, 0.3) is 0 Å². The van der Waals surface area contributed by atoms with Crippen LogP contribution >= 0.6 is 34.8 Å². The summed E-state index contributed by atoms with van der Waals surface area (Å²) in [6.45, 7) is 1.39. The van der Waals surface area contributed by atoms with Gasteiger partial charge in [-0.25, -0.2) is 4.39 Å². The van der Waals surface area contributed by atoms with Crippen molar-refractivity contribution in [2.24, 2.45) is 0 Å². The summed E-state index contributed by atoms with van der Waals surface area (Å²) in [4.78, 5) is 0. The van der Waals surface area contributed by atoms with Gasteiger partial charge in [-0.05, 0) is 48.4 Å². The second-order valence-corrected chi connectivity index (χ2v) is 5.66. The molecule has 0 unspecified atom stereocenters. The molecular formula is C15H13Cl3FN. The van der Waals surface area contributed by atoms with Crippen LogP contribution in [-0.4, -0.2) is 6.54 Å². The Labute approximate surface area is 132 Å². The van der Waals surface area contributed by atoms with Crippen LogP contribution in [0, 0.1) is 5.82 Å². The highest BCUT2D eigenvalue weighted by molar-refractivity contribution is 6.35. The third-order valence-electron chi connectivity index (χ3n) is 2.90. The maximum absolute atomic E-state index is 13.0. The minimum Gasteiger partial charge on any atom is -0.312 e. The van der Waals surface area contributed by atoms with Gasteiger partial charge in [0.25, 0.3) is 0 Å². The van der Waals surface area contributed by atoms with Crippen LogP contribution in [-0.2, 0) is 13.0 Å². The minimum absolute atomic E-state index is 0.144. The second-order valence-electron chi connectivity index (χ2n) is 4.41. The van der Waals surface area contributed by atoms with Gasteiger partial charge in [-0.1, -0.05) is 46.9 Å². The molecule has 106 valence electrons. The molecule has 0 spiro atoms. The number of hydrogen-bond donors (Lipinski definition) is 1. The van der Waals surface area contributed by atoms with Crippen LogP contribution in [0.5, 0.6) is 0 Å². The Hall–Kier alpha value is -0.800. The van der Waals surface area contributed by atoms with Crippen molar-refractivity contribution >= 4 is 34.8 Å². The molecule has 1 N–H and O–H groups in total. The Morgan fingerprint density at radius 3 is 2.45 bits per heavy atom. The lowest BCUT2D eigenvalue weighted by atomic mass is 10.1. The maximum atomic E-state index is 13.0. The van der Waals surface area contributed by atoms with Crippen molar-refractivity contribution in [1.82, 2.24) is 5.32 Å². The molecule has 5 heteroatoms. The SMILES string of the molecule is Fc1ccc(CNCCc2ccc(Cl)cc2Cl)cc1Cl. The molecular weight excluding hydrogens is 320 g/mol. The van der Waals surface area contributed by atoms with Gasteiger partial charge in [-0.15, -0.1) is 0 Å². The van der Waals surface area contributed by atoms with Crippen LogP contribution in [0.2, 0.25) is 15.1 Å². The van der Waals surface area contributed by atoms with Gasteiger partial charge >= 0.3 is 0 Å². The van der Waals surface area contributed by atoms with Gasteiger partial charge in [-0.3, -0.25) is 0 Å². The Balaban J connectivity index is 1.82. The normalized spacial score (nSPS) is 10.8. The van der Waals surface area contributed by atoms with Crippen LogP contribution in [0.4, 0.5) is 4.39 Å². The van der Waals surface area contributed by atoms with Gasteiger partial charge in [0.05, 0.1) is 5.02 Å². The van der Waals surface area contributed by atoms with Crippen molar-refractivity contribution in [3.05, 3.63) is 68.4 Å². The molecule has 0 saturated heterocycles. The van der Waals surface area contributed by atoms with Crippen molar-refractivity contribution in [2.75, 3.05) is 6.54 Å². The molecule has 0 heterocycles. The summed E-state index contributed by atoms with van der Waals surface area (Å²) >= 11 is 17.7. The van der Waals surface area contributed by atoms with Gasteiger partial charge in [0.2, 0.25) is 0 Å². The van der Waals surface area contributed by atoms with Crippen molar-refractivity contribution < 1.29 is 4.39 Å². The molecule has 20 heavy (non-hydrogen) atoms. The average Bonchev–Trinajstić information content (AvgIpc) is 2.40. The van der Waals surface area contributed by atoms with E-state index in [-0.39, 0.29) is 5.02 Å².